The van der Waals surface area contributed by atoms with Crippen LogP contribution < -0.4 is 5.32 Å². The number of carbonyl (C=O) groups is 1. The monoisotopic (exact) mass is 265 g/mol. The van der Waals surface area contributed by atoms with Gasteiger partial charge in [0.2, 0.25) is 0 Å². The van der Waals surface area contributed by atoms with Gasteiger partial charge in [0.15, 0.2) is 0 Å². The summed E-state index contributed by atoms with van der Waals surface area (Å²) in [6.07, 6.45) is 2.40. The van der Waals surface area contributed by atoms with Gasteiger partial charge in [0.1, 0.15) is 24.3 Å². The smallest absolute Gasteiger partial charge is 0.325 e. The summed E-state index contributed by atoms with van der Waals surface area (Å²) in [5.41, 5.74) is 0.504. The largest absolute Gasteiger partial charge is 0.459 e. The number of hydrogen-bond donors (Lipinski definition) is 1. The molecule has 1 heterocycles. The Morgan fingerprint density at radius 1 is 1.37 bits per heavy atom. The summed E-state index contributed by atoms with van der Waals surface area (Å²) in [6.45, 7) is 9.91. The molecule has 0 amide bonds. The van der Waals surface area contributed by atoms with Crippen molar-refractivity contribution in [3.05, 3.63) is 18.1 Å². The molecule has 0 aromatic carbocycles. The van der Waals surface area contributed by atoms with Crippen molar-refractivity contribution in [2.75, 3.05) is 11.9 Å². The van der Waals surface area contributed by atoms with E-state index in [2.05, 4.69) is 29.1 Å². The lowest BCUT2D eigenvalue weighted by Gasteiger charge is -2.19. The van der Waals surface area contributed by atoms with Gasteiger partial charge in [-0.2, -0.15) is 0 Å². The van der Waals surface area contributed by atoms with E-state index in [0.717, 1.165) is 12.1 Å². The fraction of sp³-hybridized carbons (Fsp3) is 0.643. The number of esters is 1. The molecule has 0 aliphatic heterocycles. The fourth-order valence-corrected chi connectivity index (χ4v) is 1.56. The maximum absolute atomic E-state index is 11.6. The quantitative estimate of drug-likeness (QED) is 0.828. The molecule has 0 atom stereocenters. The predicted molar refractivity (Wildman–Crippen MR) is 74.9 cm³/mol. The lowest BCUT2D eigenvalue weighted by molar-refractivity contribution is -0.152. The van der Waals surface area contributed by atoms with Crippen LogP contribution in [-0.2, 0) is 16.0 Å². The number of aromatic nitrogens is 2. The maximum atomic E-state index is 11.6. The average molecular weight is 265 g/mol. The van der Waals surface area contributed by atoms with Gasteiger partial charge in [0.25, 0.3) is 0 Å². The molecule has 0 bridgehead atoms. The van der Waals surface area contributed by atoms with Crippen molar-refractivity contribution in [3.63, 3.8) is 0 Å². The highest BCUT2D eigenvalue weighted by Crippen LogP contribution is 2.10. The second kappa shape index (κ2) is 6.50. The molecule has 0 radical (unpaired) electrons. The average Bonchev–Trinajstić information content (AvgIpc) is 2.23. The van der Waals surface area contributed by atoms with E-state index in [0.29, 0.717) is 11.7 Å². The standard InChI is InChI=1S/C14H23N3O2/c1-10(2)6-11-7-12(17-9-16-11)15-8-13(18)19-14(3,4)5/h7,9-10H,6,8H2,1-5H3,(H,15,16,17). The summed E-state index contributed by atoms with van der Waals surface area (Å²) in [5, 5.41) is 2.95. The topological polar surface area (TPSA) is 64.1 Å². The van der Waals surface area contributed by atoms with Gasteiger partial charge in [0.05, 0.1) is 0 Å². The number of nitrogens with one attached hydrogen (secondary N) is 1. The van der Waals surface area contributed by atoms with Crippen LogP contribution in [0.15, 0.2) is 12.4 Å². The van der Waals surface area contributed by atoms with Crippen molar-refractivity contribution in [2.45, 2.75) is 46.6 Å². The van der Waals surface area contributed by atoms with E-state index >= 15 is 0 Å². The van der Waals surface area contributed by atoms with Crippen LogP contribution in [0.25, 0.3) is 0 Å². The molecular formula is C14H23N3O2. The molecule has 5 nitrogen and oxygen atoms in total. The highest BCUT2D eigenvalue weighted by molar-refractivity contribution is 5.74. The molecule has 0 aliphatic carbocycles. The molecule has 0 saturated carbocycles. The normalized spacial score (nSPS) is 11.5. The van der Waals surface area contributed by atoms with E-state index in [1.165, 1.54) is 6.33 Å². The van der Waals surface area contributed by atoms with Crippen molar-refractivity contribution in [1.29, 1.82) is 0 Å². The first kappa shape index (κ1) is 15.4. The van der Waals surface area contributed by atoms with Crippen LogP contribution >= 0.6 is 0 Å². The molecule has 5 heteroatoms. The SMILES string of the molecule is CC(C)Cc1cc(NCC(=O)OC(C)(C)C)ncn1. The first-order valence-electron chi connectivity index (χ1n) is 6.53. The van der Waals surface area contributed by atoms with Crippen LogP contribution in [0.1, 0.15) is 40.3 Å². The Hall–Kier alpha value is -1.65. The summed E-state index contributed by atoms with van der Waals surface area (Å²) < 4.78 is 5.21. The van der Waals surface area contributed by atoms with Crippen molar-refractivity contribution in [3.8, 4) is 0 Å². The first-order valence-corrected chi connectivity index (χ1v) is 6.53. The lowest BCUT2D eigenvalue weighted by Crippen LogP contribution is -2.28. The Labute approximate surface area is 114 Å². The van der Waals surface area contributed by atoms with Gasteiger partial charge in [0, 0.05) is 11.8 Å². The Morgan fingerprint density at radius 3 is 2.63 bits per heavy atom. The van der Waals surface area contributed by atoms with Crippen LogP contribution in [0.5, 0.6) is 0 Å². The van der Waals surface area contributed by atoms with Crippen molar-refractivity contribution < 1.29 is 9.53 Å². The molecule has 1 rings (SSSR count). The highest BCUT2D eigenvalue weighted by Gasteiger charge is 2.15. The van der Waals surface area contributed by atoms with E-state index in [-0.39, 0.29) is 12.5 Å². The second-order valence-electron chi connectivity index (χ2n) is 5.93. The minimum atomic E-state index is -0.465. The summed E-state index contributed by atoms with van der Waals surface area (Å²) >= 11 is 0. The Bertz CT molecular complexity index is 425. The molecule has 19 heavy (non-hydrogen) atoms. The van der Waals surface area contributed by atoms with Gasteiger partial charge < -0.3 is 10.1 Å². The van der Waals surface area contributed by atoms with Crippen LogP contribution in [-0.4, -0.2) is 28.1 Å². The van der Waals surface area contributed by atoms with Gasteiger partial charge in [-0.15, -0.1) is 0 Å². The van der Waals surface area contributed by atoms with Crippen LogP contribution in [0.2, 0.25) is 0 Å². The third-order valence-electron chi connectivity index (χ3n) is 2.17. The molecule has 1 aromatic rings. The number of rotatable bonds is 5. The van der Waals surface area contributed by atoms with Gasteiger partial charge in [-0.25, -0.2) is 9.97 Å². The van der Waals surface area contributed by atoms with E-state index in [9.17, 15) is 4.79 Å². The lowest BCUT2D eigenvalue weighted by atomic mass is 10.1. The van der Waals surface area contributed by atoms with Crippen LogP contribution in [0, 0.1) is 5.92 Å². The van der Waals surface area contributed by atoms with Crippen molar-refractivity contribution in [1.82, 2.24) is 9.97 Å². The zero-order valence-corrected chi connectivity index (χ0v) is 12.4. The molecule has 0 fully saturated rings. The Morgan fingerprint density at radius 2 is 2.05 bits per heavy atom. The molecule has 0 saturated heterocycles. The minimum Gasteiger partial charge on any atom is -0.459 e. The molecule has 1 N–H and O–H groups in total. The zero-order valence-electron chi connectivity index (χ0n) is 12.4. The van der Waals surface area contributed by atoms with Gasteiger partial charge >= 0.3 is 5.97 Å². The number of hydrogen-bond acceptors (Lipinski definition) is 5. The van der Waals surface area contributed by atoms with E-state index < -0.39 is 5.60 Å². The molecule has 1 aromatic heterocycles. The zero-order chi connectivity index (χ0) is 14.5. The molecule has 0 unspecified atom stereocenters. The molecule has 106 valence electrons. The Balaban J connectivity index is 2.51. The third kappa shape index (κ3) is 6.74. The summed E-state index contributed by atoms with van der Waals surface area (Å²) in [4.78, 5) is 19.9. The Kier molecular flexibility index (Phi) is 5.27. The summed E-state index contributed by atoms with van der Waals surface area (Å²) in [7, 11) is 0. The summed E-state index contributed by atoms with van der Waals surface area (Å²) in [6, 6.07) is 1.87. The van der Waals surface area contributed by atoms with Crippen molar-refractivity contribution >= 4 is 11.8 Å². The number of ether oxygens (including phenoxy) is 1. The van der Waals surface area contributed by atoms with Gasteiger partial charge in [-0.1, -0.05) is 13.8 Å². The van der Waals surface area contributed by atoms with Crippen LogP contribution in [0.3, 0.4) is 0 Å². The van der Waals surface area contributed by atoms with E-state index in [1.807, 2.05) is 26.8 Å². The predicted octanol–water partition coefficient (Wildman–Crippen LogP) is 2.43. The van der Waals surface area contributed by atoms with Gasteiger partial charge in [-0.3, -0.25) is 4.79 Å². The minimum absolute atomic E-state index is 0.107. The summed E-state index contributed by atoms with van der Waals surface area (Å²) in [5.74, 6) is 0.890. The molecule has 0 spiro atoms. The fourth-order valence-electron chi connectivity index (χ4n) is 1.56. The highest BCUT2D eigenvalue weighted by atomic mass is 16.6. The third-order valence-corrected chi connectivity index (χ3v) is 2.17. The first-order chi connectivity index (χ1) is 8.76. The number of nitrogens with zero attached hydrogens (tertiary/aromatic N) is 2. The van der Waals surface area contributed by atoms with Crippen LogP contribution in [0.4, 0.5) is 5.82 Å². The molecule has 0 aliphatic rings. The number of anilines is 1. The van der Waals surface area contributed by atoms with Gasteiger partial charge in [-0.05, 0) is 33.1 Å². The van der Waals surface area contributed by atoms with E-state index in [4.69, 9.17) is 4.74 Å². The number of carbonyl (C=O) groups excluding carboxylic acids is 1. The maximum Gasteiger partial charge on any atom is 0.325 e. The van der Waals surface area contributed by atoms with Crippen molar-refractivity contribution in [2.24, 2.45) is 5.92 Å². The van der Waals surface area contributed by atoms with E-state index in [1.54, 1.807) is 0 Å². The molecular weight excluding hydrogens is 242 g/mol. The second-order valence-corrected chi connectivity index (χ2v) is 5.93.